The Balaban J connectivity index is 1.16. The van der Waals surface area contributed by atoms with Crippen molar-refractivity contribution in [3.05, 3.63) is 76.9 Å². The van der Waals surface area contributed by atoms with Crippen molar-refractivity contribution in [3.63, 3.8) is 0 Å². The lowest BCUT2D eigenvalue weighted by atomic mass is 9.94. The van der Waals surface area contributed by atoms with Gasteiger partial charge in [0.15, 0.2) is 0 Å². The normalized spacial score (nSPS) is 15.9. The summed E-state index contributed by atoms with van der Waals surface area (Å²) >= 11 is 0. The van der Waals surface area contributed by atoms with Crippen molar-refractivity contribution in [1.82, 2.24) is 14.9 Å². The number of fused-ring (bicyclic) bond motifs is 1. The highest BCUT2D eigenvalue weighted by molar-refractivity contribution is 5.78. The summed E-state index contributed by atoms with van der Waals surface area (Å²) in [7, 11) is 0. The van der Waals surface area contributed by atoms with Crippen molar-refractivity contribution in [2.24, 2.45) is 5.92 Å². The standard InChI is InChI=1S/C26H25F3N4O/c1-16-9-17(2)31-23-15-33(14-22(16)23)25(34)10-18-12-32(13-18)21-5-3-19(4-6-21)20-7-8-30-24(11-20)26(27,28)29/h3-9,11,18H,10,12-15H2,1-2H3. The number of aryl methyl sites for hydroxylation is 2. The van der Waals surface area contributed by atoms with Gasteiger partial charge in [-0.15, -0.1) is 0 Å². The molecule has 0 unspecified atom stereocenters. The molecule has 176 valence electrons. The molecule has 0 atom stereocenters. The first-order valence-electron chi connectivity index (χ1n) is 11.3. The quantitative estimate of drug-likeness (QED) is 0.534. The molecule has 3 aromatic rings. The predicted molar refractivity (Wildman–Crippen MR) is 123 cm³/mol. The molecule has 4 heterocycles. The molecule has 1 saturated heterocycles. The van der Waals surface area contributed by atoms with E-state index >= 15 is 0 Å². The number of benzene rings is 1. The van der Waals surface area contributed by atoms with E-state index in [2.05, 4.69) is 27.9 Å². The van der Waals surface area contributed by atoms with Crippen LogP contribution in [0.4, 0.5) is 18.9 Å². The minimum Gasteiger partial charge on any atom is -0.371 e. The first kappa shape index (κ1) is 22.4. The lowest BCUT2D eigenvalue weighted by Gasteiger charge is -2.41. The predicted octanol–water partition coefficient (Wildman–Crippen LogP) is 5.15. The van der Waals surface area contributed by atoms with Crippen molar-refractivity contribution in [3.8, 4) is 11.1 Å². The molecule has 1 amide bonds. The third kappa shape index (κ3) is 4.36. The Morgan fingerprint density at radius 3 is 2.47 bits per heavy atom. The van der Waals surface area contributed by atoms with Gasteiger partial charge in [-0.25, -0.2) is 0 Å². The molecule has 0 spiro atoms. The smallest absolute Gasteiger partial charge is 0.371 e. The van der Waals surface area contributed by atoms with Crippen molar-refractivity contribution >= 4 is 11.6 Å². The van der Waals surface area contributed by atoms with Gasteiger partial charge in [0.05, 0.1) is 12.2 Å². The number of carbonyl (C=O) groups excluding carboxylic acids is 1. The van der Waals surface area contributed by atoms with Crippen molar-refractivity contribution < 1.29 is 18.0 Å². The molecule has 1 fully saturated rings. The minimum absolute atomic E-state index is 0.160. The number of carbonyl (C=O) groups is 1. The fourth-order valence-corrected chi connectivity index (χ4v) is 4.81. The number of rotatable bonds is 4. The molecule has 2 aliphatic heterocycles. The molecular weight excluding hydrogens is 441 g/mol. The maximum Gasteiger partial charge on any atom is 0.433 e. The summed E-state index contributed by atoms with van der Waals surface area (Å²) in [4.78, 5) is 24.9. The van der Waals surface area contributed by atoms with Gasteiger partial charge in [0.25, 0.3) is 0 Å². The van der Waals surface area contributed by atoms with Gasteiger partial charge < -0.3 is 9.80 Å². The fourth-order valence-electron chi connectivity index (χ4n) is 4.81. The topological polar surface area (TPSA) is 49.3 Å². The average Bonchev–Trinajstić information content (AvgIpc) is 3.20. The van der Waals surface area contributed by atoms with Crippen LogP contribution in [0.2, 0.25) is 0 Å². The van der Waals surface area contributed by atoms with E-state index in [-0.39, 0.29) is 5.91 Å². The molecule has 2 aromatic heterocycles. The largest absolute Gasteiger partial charge is 0.433 e. The summed E-state index contributed by atoms with van der Waals surface area (Å²) in [6, 6.07) is 12.2. The third-order valence-electron chi connectivity index (χ3n) is 6.64. The molecule has 5 rings (SSSR count). The Bertz CT molecular complexity index is 1230. The molecule has 1 aromatic carbocycles. The molecule has 0 N–H and O–H groups in total. The number of hydrogen-bond donors (Lipinski definition) is 0. The molecule has 0 radical (unpaired) electrons. The third-order valence-corrected chi connectivity index (χ3v) is 6.64. The lowest BCUT2D eigenvalue weighted by Crippen LogP contribution is -2.48. The summed E-state index contributed by atoms with van der Waals surface area (Å²) in [6.45, 7) is 6.84. The van der Waals surface area contributed by atoms with E-state index in [1.807, 2.05) is 36.1 Å². The molecule has 0 saturated carbocycles. The second kappa shape index (κ2) is 8.42. The fraction of sp³-hybridized carbons (Fsp3) is 0.346. The monoisotopic (exact) mass is 466 g/mol. The van der Waals surface area contributed by atoms with E-state index in [0.717, 1.165) is 36.2 Å². The van der Waals surface area contributed by atoms with Crippen molar-refractivity contribution in [2.75, 3.05) is 18.0 Å². The molecule has 0 bridgehead atoms. The molecule has 5 nitrogen and oxygen atoms in total. The number of aromatic nitrogens is 2. The number of pyridine rings is 2. The Kier molecular flexibility index (Phi) is 5.54. The zero-order chi connectivity index (χ0) is 24.0. The molecule has 8 heteroatoms. The van der Waals surface area contributed by atoms with Crippen LogP contribution in [0.25, 0.3) is 11.1 Å². The molecule has 34 heavy (non-hydrogen) atoms. The van der Waals surface area contributed by atoms with Crippen LogP contribution >= 0.6 is 0 Å². The second-order valence-corrected chi connectivity index (χ2v) is 9.21. The lowest BCUT2D eigenvalue weighted by molar-refractivity contribution is -0.141. The van der Waals surface area contributed by atoms with Gasteiger partial charge >= 0.3 is 6.18 Å². The van der Waals surface area contributed by atoms with E-state index in [9.17, 15) is 18.0 Å². The Morgan fingerprint density at radius 1 is 1.03 bits per heavy atom. The van der Waals surface area contributed by atoms with Crippen molar-refractivity contribution in [1.29, 1.82) is 0 Å². The SMILES string of the molecule is Cc1cc(C)c2c(n1)CN(C(=O)CC1CN(c3ccc(-c4ccnc(C(F)(F)F)c4)cc3)C1)C2. The van der Waals surface area contributed by atoms with E-state index in [1.54, 1.807) is 6.07 Å². The number of amides is 1. The maximum atomic E-state index is 12.9. The van der Waals surface area contributed by atoms with Crippen LogP contribution < -0.4 is 4.90 Å². The Hall–Kier alpha value is -3.42. The van der Waals surface area contributed by atoms with Gasteiger partial charge in [-0.3, -0.25) is 14.8 Å². The highest BCUT2D eigenvalue weighted by Crippen LogP contribution is 2.33. The number of hydrogen-bond acceptors (Lipinski definition) is 4. The van der Waals surface area contributed by atoms with Crippen LogP contribution in [0.5, 0.6) is 0 Å². The van der Waals surface area contributed by atoms with Crippen LogP contribution in [0, 0.1) is 19.8 Å². The zero-order valence-electron chi connectivity index (χ0n) is 19.1. The summed E-state index contributed by atoms with van der Waals surface area (Å²) < 4.78 is 38.8. The van der Waals surface area contributed by atoms with Crippen LogP contribution in [-0.4, -0.2) is 33.9 Å². The highest BCUT2D eigenvalue weighted by Gasteiger charge is 2.34. The average molecular weight is 467 g/mol. The van der Waals surface area contributed by atoms with Gasteiger partial charge in [0.1, 0.15) is 5.69 Å². The summed E-state index contributed by atoms with van der Waals surface area (Å²) in [5, 5.41) is 0. The van der Waals surface area contributed by atoms with Crippen LogP contribution in [-0.2, 0) is 24.1 Å². The van der Waals surface area contributed by atoms with Gasteiger partial charge in [0.2, 0.25) is 5.91 Å². The van der Waals surface area contributed by atoms with Gasteiger partial charge in [-0.1, -0.05) is 12.1 Å². The van der Waals surface area contributed by atoms with E-state index < -0.39 is 11.9 Å². The molecule has 2 aliphatic rings. The number of anilines is 1. The number of alkyl halides is 3. The zero-order valence-corrected chi connectivity index (χ0v) is 19.1. The molecular formula is C26H25F3N4O. The highest BCUT2D eigenvalue weighted by atomic mass is 19.4. The van der Waals surface area contributed by atoms with Crippen LogP contribution in [0.15, 0.2) is 48.7 Å². The second-order valence-electron chi connectivity index (χ2n) is 9.21. The van der Waals surface area contributed by atoms with Crippen LogP contribution in [0.1, 0.15) is 34.6 Å². The van der Waals surface area contributed by atoms with Gasteiger partial charge in [0, 0.05) is 49.6 Å². The van der Waals surface area contributed by atoms with Gasteiger partial charge in [-0.05, 0) is 66.4 Å². The first-order chi connectivity index (χ1) is 16.2. The summed E-state index contributed by atoms with van der Waals surface area (Å²) in [6.07, 6.45) is -2.77. The Labute approximate surface area is 196 Å². The number of nitrogens with zero attached hydrogens (tertiary/aromatic N) is 4. The van der Waals surface area contributed by atoms with Gasteiger partial charge in [-0.2, -0.15) is 13.2 Å². The van der Waals surface area contributed by atoms with E-state index in [0.29, 0.717) is 36.6 Å². The Morgan fingerprint density at radius 2 is 1.76 bits per heavy atom. The first-order valence-corrected chi connectivity index (χ1v) is 11.3. The van der Waals surface area contributed by atoms with Crippen molar-refractivity contribution in [2.45, 2.75) is 39.5 Å². The van der Waals surface area contributed by atoms with E-state index in [1.165, 1.54) is 17.3 Å². The van der Waals surface area contributed by atoms with Crippen LogP contribution in [0.3, 0.4) is 0 Å². The van der Waals surface area contributed by atoms with E-state index in [4.69, 9.17) is 0 Å². The molecule has 0 aliphatic carbocycles. The maximum absolute atomic E-state index is 12.9. The number of halogens is 3. The summed E-state index contributed by atoms with van der Waals surface area (Å²) in [5.74, 6) is 0.453. The summed E-state index contributed by atoms with van der Waals surface area (Å²) in [5.41, 5.74) is 5.65. The minimum atomic E-state index is -4.47.